The molecule has 1 unspecified atom stereocenters. The van der Waals surface area contributed by atoms with Crippen LogP contribution in [-0.4, -0.2) is 103 Å². The molecule has 1 saturated heterocycles. The normalized spacial score (nSPS) is 18.1. The largest absolute Gasteiger partial charge is 0.480 e. The fourth-order valence-corrected chi connectivity index (χ4v) is 2.14. The van der Waals surface area contributed by atoms with E-state index in [0.717, 1.165) is 6.54 Å². The second-order valence-corrected chi connectivity index (χ2v) is 5.54. The molecule has 0 radical (unpaired) electrons. The summed E-state index contributed by atoms with van der Waals surface area (Å²) in [4.78, 5) is 30.6. The summed E-state index contributed by atoms with van der Waals surface area (Å²) >= 11 is 0. The van der Waals surface area contributed by atoms with Crippen molar-refractivity contribution in [2.75, 3.05) is 60.4 Å². The highest BCUT2D eigenvalue weighted by molar-refractivity contribution is 5.75. The van der Waals surface area contributed by atoms with Gasteiger partial charge in [0, 0.05) is 46.3 Å². The molecule has 2 amide bonds. The maximum absolute atomic E-state index is 12.2. The summed E-state index contributed by atoms with van der Waals surface area (Å²) in [5.74, 6) is -0.812. The first-order chi connectivity index (χ1) is 9.32. The van der Waals surface area contributed by atoms with Gasteiger partial charge in [-0.15, -0.1) is 0 Å². The summed E-state index contributed by atoms with van der Waals surface area (Å²) < 4.78 is 0. The minimum absolute atomic E-state index is 0.0227. The Bertz CT molecular complexity index is 341. The highest BCUT2D eigenvalue weighted by Crippen LogP contribution is 2.08. The van der Waals surface area contributed by atoms with Crippen LogP contribution in [0.4, 0.5) is 4.79 Å². The van der Waals surface area contributed by atoms with Crippen LogP contribution in [0.15, 0.2) is 0 Å². The Morgan fingerprint density at radius 2 is 1.65 bits per heavy atom. The van der Waals surface area contributed by atoms with Gasteiger partial charge >= 0.3 is 12.0 Å². The number of hydrogen-bond acceptors (Lipinski definition) is 4. The first-order valence-electron chi connectivity index (χ1n) is 6.94. The van der Waals surface area contributed by atoms with E-state index in [0.29, 0.717) is 32.7 Å². The van der Waals surface area contributed by atoms with Gasteiger partial charge in [0.1, 0.15) is 6.04 Å². The van der Waals surface area contributed by atoms with Crippen molar-refractivity contribution in [3.05, 3.63) is 0 Å². The Morgan fingerprint density at radius 3 is 2.10 bits per heavy atom. The third-order valence-electron chi connectivity index (χ3n) is 3.70. The predicted molar refractivity (Wildman–Crippen MR) is 76.8 cm³/mol. The maximum atomic E-state index is 12.2. The lowest BCUT2D eigenvalue weighted by Gasteiger charge is -2.38. The number of likely N-dealkylation sites (N-methyl/N-ethyl adjacent to an activating group) is 2. The minimum atomic E-state index is -0.812. The van der Waals surface area contributed by atoms with Crippen molar-refractivity contribution < 1.29 is 14.7 Å². The van der Waals surface area contributed by atoms with E-state index in [1.807, 2.05) is 23.9 Å². The molecule has 1 aliphatic rings. The number of aliphatic carboxylic acids is 1. The smallest absolute Gasteiger partial charge is 0.320 e. The first kappa shape index (κ1) is 16.7. The lowest BCUT2D eigenvalue weighted by Crippen LogP contribution is -2.55. The Morgan fingerprint density at radius 1 is 1.10 bits per heavy atom. The third kappa shape index (κ3) is 4.64. The maximum Gasteiger partial charge on any atom is 0.320 e. The standard InChI is InChI=1S/C13H26N4O3/c1-11(12(18)19)16-7-9-17(10-8-16)13(20)15(4)6-5-14(2)3/h11H,5-10H2,1-4H3,(H,18,19). The summed E-state index contributed by atoms with van der Waals surface area (Å²) in [6, 6.07) is -0.465. The number of rotatable bonds is 5. The summed E-state index contributed by atoms with van der Waals surface area (Å²) in [6.45, 7) is 5.60. The Balaban J connectivity index is 2.40. The molecule has 1 N–H and O–H groups in total. The van der Waals surface area contributed by atoms with Crippen LogP contribution in [0.1, 0.15) is 6.92 Å². The van der Waals surface area contributed by atoms with Crippen molar-refractivity contribution in [2.24, 2.45) is 0 Å². The Labute approximate surface area is 120 Å². The molecule has 1 fully saturated rings. The number of carboxylic acids is 1. The zero-order chi connectivity index (χ0) is 15.3. The molecule has 0 aliphatic carbocycles. The van der Waals surface area contributed by atoms with Gasteiger partial charge < -0.3 is 19.8 Å². The van der Waals surface area contributed by atoms with Crippen molar-refractivity contribution in [2.45, 2.75) is 13.0 Å². The molecule has 0 saturated carbocycles. The van der Waals surface area contributed by atoms with Gasteiger partial charge in [0.2, 0.25) is 0 Å². The molecule has 1 rings (SSSR count). The topological polar surface area (TPSA) is 67.3 Å². The van der Waals surface area contributed by atoms with Crippen molar-refractivity contribution in [1.29, 1.82) is 0 Å². The molecule has 1 atom stereocenters. The quantitative estimate of drug-likeness (QED) is 0.751. The third-order valence-corrected chi connectivity index (χ3v) is 3.70. The van der Waals surface area contributed by atoms with E-state index in [-0.39, 0.29) is 6.03 Å². The molecule has 1 heterocycles. The highest BCUT2D eigenvalue weighted by Gasteiger charge is 2.28. The van der Waals surface area contributed by atoms with Gasteiger partial charge in [0.25, 0.3) is 0 Å². The fraction of sp³-hybridized carbons (Fsp3) is 0.846. The van der Waals surface area contributed by atoms with E-state index < -0.39 is 12.0 Å². The van der Waals surface area contributed by atoms with E-state index in [1.54, 1.807) is 23.8 Å². The monoisotopic (exact) mass is 286 g/mol. The zero-order valence-corrected chi connectivity index (χ0v) is 12.9. The second kappa shape index (κ2) is 7.44. The van der Waals surface area contributed by atoms with Gasteiger partial charge in [-0.05, 0) is 21.0 Å². The van der Waals surface area contributed by atoms with Gasteiger partial charge in [0.05, 0.1) is 0 Å². The van der Waals surface area contributed by atoms with Crippen LogP contribution in [-0.2, 0) is 4.79 Å². The van der Waals surface area contributed by atoms with Crippen LogP contribution >= 0.6 is 0 Å². The molecule has 20 heavy (non-hydrogen) atoms. The second-order valence-electron chi connectivity index (χ2n) is 5.54. The molecule has 1 aliphatic heterocycles. The average Bonchev–Trinajstić information content (AvgIpc) is 2.43. The zero-order valence-electron chi connectivity index (χ0n) is 12.9. The lowest BCUT2D eigenvalue weighted by molar-refractivity contribution is -0.143. The van der Waals surface area contributed by atoms with Crippen molar-refractivity contribution in [3.8, 4) is 0 Å². The molecule has 0 spiro atoms. The minimum Gasteiger partial charge on any atom is -0.480 e. The van der Waals surface area contributed by atoms with Crippen LogP contribution in [0.3, 0.4) is 0 Å². The number of amides is 2. The first-order valence-corrected chi connectivity index (χ1v) is 6.94. The number of hydrogen-bond donors (Lipinski definition) is 1. The summed E-state index contributed by atoms with van der Waals surface area (Å²) in [6.07, 6.45) is 0. The summed E-state index contributed by atoms with van der Waals surface area (Å²) in [5, 5.41) is 8.98. The molecular weight excluding hydrogens is 260 g/mol. The summed E-state index contributed by atoms with van der Waals surface area (Å²) in [5.41, 5.74) is 0. The van der Waals surface area contributed by atoms with Gasteiger partial charge in [0.15, 0.2) is 0 Å². The van der Waals surface area contributed by atoms with Crippen LogP contribution in [0.25, 0.3) is 0 Å². The molecular formula is C13H26N4O3. The number of urea groups is 1. The fourth-order valence-electron chi connectivity index (χ4n) is 2.14. The molecule has 0 aromatic heterocycles. The SMILES string of the molecule is CC(C(=O)O)N1CCN(C(=O)N(C)CCN(C)C)CC1. The lowest BCUT2D eigenvalue weighted by atomic mass is 10.2. The molecule has 7 nitrogen and oxygen atoms in total. The Kier molecular flexibility index (Phi) is 6.22. The van der Waals surface area contributed by atoms with Crippen LogP contribution in [0.2, 0.25) is 0 Å². The van der Waals surface area contributed by atoms with Crippen molar-refractivity contribution >= 4 is 12.0 Å². The van der Waals surface area contributed by atoms with Crippen LogP contribution < -0.4 is 0 Å². The van der Waals surface area contributed by atoms with E-state index in [1.165, 1.54) is 0 Å². The van der Waals surface area contributed by atoms with Crippen LogP contribution in [0.5, 0.6) is 0 Å². The molecule has 116 valence electrons. The number of carbonyl (C=O) groups is 2. The van der Waals surface area contributed by atoms with Crippen molar-refractivity contribution in [1.82, 2.24) is 19.6 Å². The number of carboxylic acid groups (broad SMARTS) is 1. The Hall–Kier alpha value is -1.34. The molecule has 0 aromatic rings. The van der Waals surface area contributed by atoms with Gasteiger partial charge in [-0.2, -0.15) is 0 Å². The van der Waals surface area contributed by atoms with Crippen LogP contribution in [0, 0.1) is 0 Å². The van der Waals surface area contributed by atoms with E-state index >= 15 is 0 Å². The number of carbonyl (C=O) groups excluding carboxylic acids is 1. The van der Waals surface area contributed by atoms with E-state index in [2.05, 4.69) is 0 Å². The predicted octanol–water partition coefficient (Wildman–Crippen LogP) is -0.309. The van der Waals surface area contributed by atoms with Gasteiger partial charge in [-0.3, -0.25) is 9.69 Å². The number of nitrogens with zero attached hydrogens (tertiary/aromatic N) is 4. The molecule has 7 heteroatoms. The average molecular weight is 286 g/mol. The van der Waals surface area contributed by atoms with E-state index in [4.69, 9.17) is 5.11 Å². The number of piperazine rings is 1. The molecule has 0 aromatic carbocycles. The summed E-state index contributed by atoms with van der Waals surface area (Å²) in [7, 11) is 5.76. The van der Waals surface area contributed by atoms with Crippen molar-refractivity contribution in [3.63, 3.8) is 0 Å². The molecule has 0 bridgehead atoms. The van der Waals surface area contributed by atoms with Gasteiger partial charge in [-0.25, -0.2) is 4.79 Å². The highest BCUT2D eigenvalue weighted by atomic mass is 16.4. The van der Waals surface area contributed by atoms with Gasteiger partial charge in [-0.1, -0.05) is 0 Å². The van der Waals surface area contributed by atoms with E-state index in [9.17, 15) is 9.59 Å².